The van der Waals surface area contributed by atoms with Crippen molar-refractivity contribution >= 4 is 11.7 Å². The largest absolute Gasteiger partial charge is 0.465 e. The summed E-state index contributed by atoms with van der Waals surface area (Å²) in [5.74, 6) is 0.617. The molecule has 112 valence electrons. The van der Waals surface area contributed by atoms with E-state index in [1.807, 2.05) is 31.3 Å². The van der Waals surface area contributed by atoms with Gasteiger partial charge in [-0.25, -0.2) is 9.78 Å². The summed E-state index contributed by atoms with van der Waals surface area (Å²) in [6.45, 7) is 5.59. The standard InChI is InChI=1S/C16H21N3O2/c1-4-8-19-9-7-17-15(19)11-18-14-6-5-12(2)10-13(14)16(20)21-3/h5-7,9-10,18H,4,8,11H2,1-3H3. The van der Waals surface area contributed by atoms with Gasteiger partial charge in [0, 0.05) is 24.6 Å². The minimum atomic E-state index is -0.335. The van der Waals surface area contributed by atoms with Gasteiger partial charge in [0.05, 0.1) is 19.2 Å². The number of imidazole rings is 1. The third-order valence-electron chi connectivity index (χ3n) is 3.28. The molecule has 1 aromatic carbocycles. The number of hydrogen-bond donors (Lipinski definition) is 1. The Morgan fingerprint density at radius 3 is 2.95 bits per heavy atom. The van der Waals surface area contributed by atoms with Crippen LogP contribution in [0, 0.1) is 6.92 Å². The zero-order chi connectivity index (χ0) is 15.2. The Morgan fingerprint density at radius 1 is 1.43 bits per heavy atom. The van der Waals surface area contributed by atoms with E-state index in [1.165, 1.54) is 7.11 Å². The first kappa shape index (κ1) is 15.1. The van der Waals surface area contributed by atoms with E-state index in [0.29, 0.717) is 12.1 Å². The Morgan fingerprint density at radius 2 is 2.24 bits per heavy atom. The van der Waals surface area contributed by atoms with Gasteiger partial charge in [-0.3, -0.25) is 0 Å². The van der Waals surface area contributed by atoms with Gasteiger partial charge >= 0.3 is 5.97 Å². The van der Waals surface area contributed by atoms with Crippen molar-refractivity contribution in [1.82, 2.24) is 9.55 Å². The van der Waals surface area contributed by atoms with Crippen molar-refractivity contribution in [2.45, 2.75) is 33.4 Å². The monoisotopic (exact) mass is 287 g/mol. The van der Waals surface area contributed by atoms with Crippen molar-refractivity contribution < 1.29 is 9.53 Å². The molecule has 2 aromatic rings. The van der Waals surface area contributed by atoms with Gasteiger partial charge in [-0.1, -0.05) is 18.6 Å². The normalized spacial score (nSPS) is 10.4. The molecular weight excluding hydrogens is 266 g/mol. The second-order valence-electron chi connectivity index (χ2n) is 4.93. The van der Waals surface area contributed by atoms with Gasteiger partial charge in [0.1, 0.15) is 5.82 Å². The molecule has 0 aliphatic carbocycles. The fraction of sp³-hybridized carbons (Fsp3) is 0.375. The Labute approximate surface area is 125 Å². The van der Waals surface area contributed by atoms with E-state index in [4.69, 9.17) is 4.74 Å². The summed E-state index contributed by atoms with van der Waals surface area (Å²) in [5.41, 5.74) is 2.33. The predicted molar refractivity (Wildman–Crippen MR) is 82.4 cm³/mol. The van der Waals surface area contributed by atoms with Crippen molar-refractivity contribution in [3.63, 3.8) is 0 Å². The Hall–Kier alpha value is -2.30. The molecule has 5 heteroatoms. The van der Waals surface area contributed by atoms with Gasteiger partial charge in [0.25, 0.3) is 0 Å². The van der Waals surface area contributed by atoms with Crippen LogP contribution in [0.15, 0.2) is 30.6 Å². The Balaban J connectivity index is 2.16. The third-order valence-corrected chi connectivity index (χ3v) is 3.28. The number of nitrogens with zero attached hydrogens (tertiary/aromatic N) is 2. The molecule has 5 nitrogen and oxygen atoms in total. The van der Waals surface area contributed by atoms with Crippen LogP contribution in [-0.4, -0.2) is 22.6 Å². The number of aryl methyl sites for hydroxylation is 2. The van der Waals surface area contributed by atoms with Crippen LogP contribution in [0.25, 0.3) is 0 Å². The number of methoxy groups -OCH3 is 1. The lowest BCUT2D eigenvalue weighted by molar-refractivity contribution is 0.0601. The average molecular weight is 287 g/mol. The van der Waals surface area contributed by atoms with E-state index in [9.17, 15) is 4.79 Å². The number of rotatable bonds is 6. The SMILES string of the molecule is CCCn1ccnc1CNc1ccc(C)cc1C(=O)OC. The molecule has 0 unspecified atom stereocenters. The maximum Gasteiger partial charge on any atom is 0.339 e. The number of ether oxygens (including phenoxy) is 1. The lowest BCUT2D eigenvalue weighted by atomic mass is 10.1. The molecule has 0 aliphatic rings. The van der Waals surface area contributed by atoms with Gasteiger partial charge in [0.2, 0.25) is 0 Å². The number of aromatic nitrogens is 2. The van der Waals surface area contributed by atoms with Crippen LogP contribution in [0.5, 0.6) is 0 Å². The van der Waals surface area contributed by atoms with Crippen LogP contribution < -0.4 is 5.32 Å². The van der Waals surface area contributed by atoms with E-state index in [0.717, 1.165) is 30.0 Å². The topological polar surface area (TPSA) is 56.2 Å². The first-order valence-electron chi connectivity index (χ1n) is 7.08. The van der Waals surface area contributed by atoms with Crippen LogP contribution >= 0.6 is 0 Å². The van der Waals surface area contributed by atoms with Crippen LogP contribution in [-0.2, 0) is 17.8 Å². The number of nitrogens with one attached hydrogen (secondary N) is 1. The van der Waals surface area contributed by atoms with Crippen LogP contribution in [0.3, 0.4) is 0 Å². The number of anilines is 1. The third kappa shape index (κ3) is 3.62. The summed E-state index contributed by atoms with van der Waals surface area (Å²) < 4.78 is 6.94. The smallest absolute Gasteiger partial charge is 0.339 e. The summed E-state index contributed by atoms with van der Waals surface area (Å²) in [6.07, 6.45) is 4.82. The number of carbonyl (C=O) groups excluding carboxylic acids is 1. The average Bonchev–Trinajstić information content (AvgIpc) is 2.93. The molecule has 0 saturated carbocycles. The fourth-order valence-electron chi connectivity index (χ4n) is 2.22. The van der Waals surface area contributed by atoms with Gasteiger partial charge in [0.15, 0.2) is 0 Å². The first-order chi connectivity index (χ1) is 10.2. The molecule has 1 heterocycles. The number of hydrogen-bond acceptors (Lipinski definition) is 4. The summed E-state index contributed by atoms with van der Waals surface area (Å²) >= 11 is 0. The molecule has 0 fully saturated rings. The first-order valence-corrected chi connectivity index (χ1v) is 7.08. The number of carbonyl (C=O) groups is 1. The summed E-state index contributed by atoms with van der Waals surface area (Å²) in [4.78, 5) is 16.2. The molecule has 0 bridgehead atoms. The lowest BCUT2D eigenvalue weighted by Crippen LogP contribution is -2.12. The molecule has 0 spiro atoms. The molecule has 0 saturated heterocycles. The van der Waals surface area contributed by atoms with Gasteiger partial charge in [-0.15, -0.1) is 0 Å². The minimum absolute atomic E-state index is 0.335. The maximum atomic E-state index is 11.8. The molecule has 0 radical (unpaired) electrons. The van der Waals surface area contributed by atoms with Crippen molar-refractivity contribution in [3.8, 4) is 0 Å². The van der Waals surface area contributed by atoms with Crippen molar-refractivity contribution in [3.05, 3.63) is 47.5 Å². The second kappa shape index (κ2) is 6.92. The molecule has 21 heavy (non-hydrogen) atoms. The van der Waals surface area contributed by atoms with Crippen LogP contribution in [0.2, 0.25) is 0 Å². The number of esters is 1. The highest BCUT2D eigenvalue weighted by molar-refractivity contribution is 5.95. The second-order valence-corrected chi connectivity index (χ2v) is 4.93. The van der Waals surface area contributed by atoms with Gasteiger partial charge in [-0.2, -0.15) is 0 Å². The van der Waals surface area contributed by atoms with E-state index in [-0.39, 0.29) is 5.97 Å². The zero-order valence-corrected chi connectivity index (χ0v) is 12.7. The van der Waals surface area contributed by atoms with Gasteiger partial charge in [-0.05, 0) is 25.5 Å². The molecule has 2 rings (SSSR count). The van der Waals surface area contributed by atoms with E-state index in [1.54, 1.807) is 6.20 Å². The summed E-state index contributed by atoms with van der Waals surface area (Å²) in [6, 6.07) is 5.69. The molecular formula is C16H21N3O2. The summed E-state index contributed by atoms with van der Waals surface area (Å²) in [5, 5.41) is 3.27. The lowest BCUT2D eigenvalue weighted by Gasteiger charge is -2.12. The minimum Gasteiger partial charge on any atom is -0.465 e. The fourth-order valence-corrected chi connectivity index (χ4v) is 2.22. The molecule has 0 aliphatic heterocycles. The highest BCUT2D eigenvalue weighted by atomic mass is 16.5. The quantitative estimate of drug-likeness (QED) is 0.830. The van der Waals surface area contributed by atoms with E-state index in [2.05, 4.69) is 21.8 Å². The Bertz CT molecular complexity index is 620. The predicted octanol–water partition coefficient (Wildman–Crippen LogP) is 3.00. The van der Waals surface area contributed by atoms with Crippen molar-refractivity contribution in [1.29, 1.82) is 0 Å². The molecule has 0 atom stereocenters. The highest BCUT2D eigenvalue weighted by Gasteiger charge is 2.12. The molecule has 1 aromatic heterocycles. The summed E-state index contributed by atoms with van der Waals surface area (Å²) in [7, 11) is 1.39. The van der Waals surface area contributed by atoms with Crippen LogP contribution in [0.4, 0.5) is 5.69 Å². The van der Waals surface area contributed by atoms with Crippen molar-refractivity contribution in [2.24, 2.45) is 0 Å². The molecule has 1 N–H and O–H groups in total. The van der Waals surface area contributed by atoms with E-state index >= 15 is 0 Å². The van der Waals surface area contributed by atoms with Gasteiger partial charge < -0.3 is 14.6 Å². The van der Waals surface area contributed by atoms with Crippen molar-refractivity contribution in [2.75, 3.05) is 12.4 Å². The zero-order valence-electron chi connectivity index (χ0n) is 12.7. The number of benzene rings is 1. The maximum absolute atomic E-state index is 11.8. The highest BCUT2D eigenvalue weighted by Crippen LogP contribution is 2.19. The van der Waals surface area contributed by atoms with E-state index < -0.39 is 0 Å². The Kier molecular flexibility index (Phi) is 4.98. The van der Waals surface area contributed by atoms with Crippen LogP contribution in [0.1, 0.15) is 35.1 Å². The molecule has 0 amide bonds.